The first-order chi connectivity index (χ1) is 4.94. The fourth-order valence-corrected chi connectivity index (χ4v) is 0.780. The first-order valence-corrected chi connectivity index (χ1v) is 3.19. The molecular formula is C6H9F2NO2. The van der Waals surface area contributed by atoms with Gasteiger partial charge in [-0.2, -0.15) is 8.78 Å². The summed E-state index contributed by atoms with van der Waals surface area (Å²) in [5.41, 5.74) is 3.51. The van der Waals surface area contributed by atoms with Crippen molar-refractivity contribution in [2.45, 2.75) is 24.3 Å². The summed E-state index contributed by atoms with van der Waals surface area (Å²) in [4.78, 5) is 10.5. The lowest BCUT2D eigenvalue weighted by Gasteiger charge is -2.19. The lowest BCUT2D eigenvalue weighted by atomic mass is 10.1. The van der Waals surface area contributed by atoms with E-state index in [2.05, 4.69) is 4.74 Å². The summed E-state index contributed by atoms with van der Waals surface area (Å²) in [6.07, 6.45) is 0.351. The summed E-state index contributed by atoms with van der Waals surface area (Å²) in [6, 6.07) is 0. The molecule has 2 N–H and O–H groups in total. The van der Waals surface area contributed by atoms with Gasteiger partial charge in [0.2, 0.25) is 0 Å². The Kier molecular flexibility index (Phi) is 1.63. The lowest BCUT2D eigenvalue weighted by Crippen LogP contribution is -2.49. The van der Waals surface area contributed by atoms with Gasteiger partial charge in [-0.15, -0.1) is 0 Å². The minimum Gasteiger partial charge on any atom is -0.465 e. The van der Waals surface area contributed by atoms with Gasteiger partial charge in [0.25, 0.3) is 0 Å². The minimum absolute atomic E-state index is 0.176. The molecule has 1 saturated carbocycles. The minimum atomic E-state index is -3.53. The van der Waals surface area contributed by atoms with Gasteiger partial charge in [0.15, 0.2) is 0 Å². The first-order valence-electron chi connectivity index (χ1n) is 3.19. The third-order valence-corrected chi connectivity index (χ3v) is 1.86. The highest BCUT2D eigenvalue weighted by Gasteiger charge is 2.64. The van der Waals surface area contributed by atoms with Crippen molar-refractivity contribution in [1.82, 2.24) is 0 Å². The van der Waals surface area contributed by atoms with Gasteiger partial charge in [-0.25, -0.2) is 4.79 Å². The predicted octanol–water partition coefficient (Wildman–Crippen LogP) is 0.286. The van der Waals surface area contributed by atoms with Crippen molar-refractivity contribution >= 4 is 5.97 Å². The highest BCUT2D eigenvalue weighted by Crippen LogP contribution is 2.46. The van der Waals surface area contributed by atoms with Gasteiger partial charge in [0.05, 0.1) is 12.6 Å². The summed E-state index contributed by atoms with van der Waals surface area (Å²) in [5.74, 6) is -5.07. The van der Waals surface area contributed by atoms with Crippen molar-refractivity contribution in [3.05, 3.63) is 0 Å². The van der Waals surface area contributed by atoms with Crippen molar-refractivity contribution in [3.8, 4) is 0 Å². The molecule has 1 aliphatic carbocycles. The van der Waals surface area contributed by atoms with Crippen LogP contribution in [0.5, 0.6) is 0 Å². The number of methoxy groups -OCH3 is 1. The molecule has 0 aromatic rings. The fourth-order valence-electron chi connectivity index (χ4n) is 0.780. The smallest absolute Gasteiger partial charge is 0.378 e. The molecule has 64 valence electrons. The molecule has 0 bridgehead atoms. The zero-order valence-corrected chi connectivity index (χ0v) is 6.06. The number of alkyl halides is 2. The number of halogens is 2. The SMILES string of the molecule is COC(=O)C(F)(F)C1(N)CC1. The summed E-state index contributed by atoms with van der Waals surface area (Å²) >= 11 is 0. The quantitative estimate of drug-likeness (QED) is 0.598. The molecule has 11 heavy (non-hydrogen) atoms. The van der Waals surface area contributed by atoms with Crippen LogP contribution in [0.2, 0.25) is 0 Å². The van der Waals surface area contributed by atoms with E-state index in [1.165, 1.54) is 0 Å². The van der Waals surface area contributed by atoms with Gasteiger partial charge in [-0.05, 0) is 12.8 Å². The van der Waals surface area contributed by atoms with E-state index in [1.54, 1.807) is 0 Å². The molecule has 0 aromatic heterocycles. The molecule has 3 nitrogen and oxygen atoms in total. The summed E-state index contributed by atoms with van der Waals surface area (Å²) in [7, 11) is 0.919. The Morgan fingerprint density at radius 1 is 1.64 bits per heavy atom. The fraction of sp³-hybridized carbons (Fsp3) is 0.833. The van der Waals surface area contributed by atoms with Crippen LogP contribution in [0.3, 0.4) is 0 Å². The number of esters is 1. The van der Waals surface area contributed by atoms with Crippen LogP contribution >= 0.6 is 0 Å². The second-order valence-electron chi connectivity index (χ2n) is 2.72. The van der Waals surface area contributed by atoms with Gasteiger partial charge < -0.3 is 10.5 Å². The lowest BCUT2D eigenvalue weighted by molar-refractivity contribution is -0.173. The molecule has 0 spiro atoms. The average Bonchev–Trinajstić information content (AvgIpc) is 2.67. The second kappa shape index (κ2) is 2.14. The highest BCUT2D eigenvalue weighted by molar-refractivity contribution is 5.80. The van der Waals surface area contributed by atoms with Crippen LogP contribution in [0.4, 0.5) is 8.78 Å². The normalized spacial score (nSPS) is 21.1. The highest BCUT2D eigenvalue weighted by atomic mass is 19.3. The van der Waals surface area contributed by atoms with E-state index in [0.29, 0.717) is 0 Å². The maximum atomic E-state index is 12.8. The summed E-state index contributed by atoms with van der Waals surface area (Å²) in [6.45, 7) is 0. The Morgan fingerprint density at radius 3 is 2.36 bits per heavy atom. The van der Waals surface area contributed by atoms with E-state index >= 15 is 0 Å². The number of hydrogen-bond donors (Lipinski definition) is 1. The van der Waals surface area contributed by atoms with E-state index < -0.39 is 17.4 Å². The van der Waals surface area contributed by atoms with Crippen LogP contribution in [0, 0.1) is 0 Å². The molecule has 5 heteroatoms. The number of carbonyl (C=O) groups is 1. The number of ether oxygens (including phenoxy) is 1. The van der Waals surface area contributed by atoms with Gasteiger partial charge >= 0.3 is 11.9 Å². The molecule has 0 aliphatic heterocycles. The Hall–Kier alpha value is -0.710. The Balaban J connectivity index is 2.73. The second-order valence-corrected chi connectivity index (χ2v) is 2.72. The van der Waals surface area contributed by atoms with Gasteiger partial charge in [0, 0.05) is 0 Å². The van der Waals surface area contributed by atoms with Crippen LogP contribution in [-0.2, 0) is 9.53 Å². The van der Waals surface area contributed by atoms with Crippen molar-refractivity contribution in [2.75, 3.05) is 7.11 Å². The summed E-state index contributed by atoms with van der Waals surface area (Å²) in [5, 5.41) is 0. The monoisotopic (exact) mass is 165 g/mol. The number of carbonyl (C=O) groups excluding carboxylic acids is 1. The van der Waals surface area contributed by atoms with Gasteiger partial charge in [-0.1, -0.05) is 0 Å². The van der Waals surface area contributed by atoms with E-state index in [1.807, 2.05) is 0 Å². The van der Waals surface area contributed by atoms with Crippen molar-refractivity contribution in [3.63, 3.8) is 0 Å². The van der Waals surface area contributed by atoms with Gasteiger partial charge in [0.1, 0.15) is 0 Å². The van der Waals surface area contributed by atoms with Crippen LogP contribution in [0.25, 0.3) is 0 Å². The molecule has 0 atom stereocenters. The zero-order valence-electron chi connectivity index (χ0n) is 6.06. The molecule has 0 heterocycles. The first kappa shape index (κ1) is 8.39. The molecular weight excluding hydrogens is 156 g/mol. The molecule has 0 amide bonds. The number of hydrogen-bond acceptors (Lipinski definition) is 3. The van der Waals surface area contributed by atoms with Crippen molar-refractivity contribution < 1.29 is 18.3 Å². The average molecular weight is 165 g/mol. The van der Waals surface area contributed by atoms with E-state index in [0.717, 1.165) is 7.11 Å². The molecule has 0 unspecified atom stereocenters. The van der Waals surface area contributed by atoms with E-state index in [9.17, 15) is 13.6 Å². The zero-order chi connectivity index (χ0) is 8.70. The third-order valence-electron chi connectivity index (χ3n) is 1.86. The van der Waals surface area contributed by atoms with Crippen molar-refractivity contribution in [2.24, 2.45) is 5.73 Å². The molecule has 0 aromatic carbocycles. The number of nitrogens with two attached hydrogens (primary N) is 1. The molecule has 0 saturated heterocycles. The van der Waals surface area contributed by atoms with Crippen LogP contribution in [-0.4, -0.2) is 24.5 Å². The van der Waals surface area contributed by atoms with Crippen LogP contribution in [0.15, 0.2) is 0 Å². The van der Waals surface area contributed by atoms with E-state index in [-0.39, 0.29) is 12.8 Å². The molecule has 1 fully saturated rings. The third kappa shape index (κ3) is 1.09. The standard InChI is InChI=1S/C6H9F2NO2/c1-11-4(10)6(7,8)5(9)2-3-5/h2-3,9H2,1H3. The van der Waals surface area contributed by atoms with Crippen molar-refractivity contribution in [1.29, 1.82) is 0 Å². The Bertz CT molecular complexity index is 189. The largest absolute Gasteiger partial charge is 0.465 e. The molecule has 1 aliphatic rings. The van der Waals surface area contributed by atoms with Crippen LogP contribution in [0.1, 0.15) is 12.8 Å². The topological polar surface area (TPSA) is 52.3 Å². The van der Waals surface area contributed by atoms with Crippen LogP contribution < -0.4 is 5.73 Å². The Morgan fingerprint density at radius 2 is 2.09 bits per heavy atom. The maximum Gasteiger partial charge on any atom is 0.378 e. The molecule has 0 radical (unpaired) electrons. The molecule has 1 rings (SSSR count). The summed E-state index contributed by atoms with van der Waals surface area (Å²) < 4.78 is 29.5. The van der Waals surface area contributed by atoms with E-state index in [4.69, 9.17) is 5.73 Å². The maximum absolute atomic E-state index is 12.8. The number of rotatable bonds is 2. The Labute approximate surface area is 62.5 Å². The van der Waals surface area contributed by atoms with Gasteiger partial charge in [-0.3, -0.25) is 0 Å². The predicted molar refractivity (Wildman–Crippen MR) is 33.1 cm³/mol.